The van der Waals surface area contributed by atoms with E-state index in [-0.39, 0.29) is 11.8 Å². The van der Waals surface area contributed by atoms with Crippen molar-refractivity contribution < 1.29 is 4.79 Å². The van der Waals surface area contributed by atoms with Crippen LogP contribution >= 0.6 is 0 Å². The molecule has 0 saturated heterocycles. The third kappa shape index (κ3) is 1.07. The molecule has 1 atom stereocenters. The van der Waals surface area contributed by atoms with Crippen LogP contribution in [0, 0.1) is 0 Å². The lowest BCUT2D eigenvalue weighted by Gasteiger charge is -2.14. The molecule has 2 heteroatoms. The molecule has 0 unspecified atom stereocenters. The summed E-state index contributed by atoms with van der Waals surface area (Å²) in [5.41, 5.74) is 0.986. The molecule has 2 rings (SSSR count). The number of hydrogen-bond acceptors (Lipinski definition) is 2. The Morgan fingerprint density at radius 1 is 1.36 bits per heavy atom. The molecule has 2 nitrogen and oxygen atoms in total. The van der Waals surface area contributed by atoms with Gasteiger partial charge in [-0.15, -0.1) is 0 Å². The highest BCUT2D eigenvalue weighted by Crippen LogP contribution is 2.16. The van der Waals surface area contributed by atoms with E-state index in [4.69, 9.17) is 0 Å². The van der Waals surface area contributed by atoms with Crippen LogP contribution in [0.25, 0.3) is 0 Å². The summed E-state index contributed by atoms with van der Waals surface area (Å²) < 4.78 is 0. The zero-order chi connectivity index (χ0) is 7.68. The first kappa shape index (κ1) is 6.28. The molecule has 0 aromatic heterocycles. The van der Waals surface area contributed by atoms with E-state index in [1.54, 1.807) is 18.4 Å². The fraction of sp³-hybridized carbons (Fsp3) is 0.111. The lowest BCUT2D eigenvalue weighted by Crippen LogP contribution is -2.12. The van der Waals surface area contributed by atoms with E-state index in [0.29, 0.717) is 0 Å². The standard InChI is InChI=1S/C9H7NO/c11-8-3-4-9-7(6-8)2-1-5-10-9/h1-6,9H/t9-/m1/s1. The van der Waals surface area contributed by atoms with Crippen molar-refractivity contribution in [1.82, 2.24) is 0 Å². The van der Waals surface area contributed by atoms with Crippen LogP contribution in [-0.4, -0.2) is 18.0 Å². The van der Waals surface area contributed by atoms with E-state index in [1.165, 1.54) is 0 Å². The van der Waals surface area contributed by atoms with Gasteiger partial charge < -0.3 is 0 Å². The number of nitrogens with zero attached hydrogens (tertiary/aromatic N) is 1. The molecule has 2 aliphatic rings. The van der Waals surface area contributed by atoms with Gasteiger partial charge in [-0.05, 0) is 23.8 Å². The van der Waals surface area contributed by atoms with Crippen LogP contribution in [0.2, 0.25) is 0 Å². The van der Waals surface area contributed by atoms with Gasteiger partial charge in [0.2, 0.25) is 0 Å². The van der Waals surface area contributed by atoms with Gasteiger partial charge in [0.25, 0.3) is 0 Å². The molecule has 11 heavy (non-hydrogen) atoms. The van der Waals surface area contributed by atoms with Crippen LogP contribution in [0.5, 0.6) is 0 Å². The van der Waals surface area contributed by atoms with Crippen molar-refractivity contribution in [3.63, 3.8) is 0 Å². The molecule has 54 valence electrons. The average Bonchev–Trinajstić information content (AvgIpc) is 2.04. The summed E-state index contributed by atoms with van der Waals surface area (Å²) in [5.74, 6) is 0.0537. The number of hydrogen-bond donors (Lipinski definition) is 0. The third-order valence-corrected chi connectivity index (χ3v) is 1.71. The topological polar surface area (TPSA) is 29.4 Å². The number of dihydropyridines is 1. The quantitative estimate of drug-likeness (QED) is 0.501. The SMILES string of the molecule is O=C1C=C[C@H]2N=CC=CC2=C1. The van der Waals surface area contributed by atoms with Crippen LogP contribution in [0.1, 0.15) is 0 Å². The molecular weight excluding hydrogens is 138 g/mol. The zero-order valence-corrected chi connectivity index (χ0v) is 5.90. The van der Waals surface area contributed by atoms with Crippen LogP contribution < -0.4 is 0 Å². The summed E-state index contributed by atoms with van der Waals surface area (Å²) in [4.78, 5) is 15.0. The lowest BCUT2D eigenvalue weighted by molar-refractivity contribution is -0.110. The van der Waals surface area contributed by atoms with Crippen molar-refractivity contribution in [1.29, 1.82) is 0 Å². The van der Waals surface area contributed by atoms with E-state index in [2.05, 4.69) is 4.99 Å². The Hall–Kier alpha value is -1.44. The number of carbonyl (C=O) groups excluding carboxylic acids is 1. The van der Waals surface area contributed by atoms with Gasteiger partial charge in [0, 0.05) is 6.21 Å². The number of ketones is 1. The first-order chi connectivity index (χ1) is 5.36. The maximum atomic E-state index is 10.9. The Morgan fingerprint density at radius 2 is 2.27 bits per heavy atom. The van der Waals surface area contributed by atoms with Gasteiger partial charge in [0.05, 0.1) is 6.04 Å². The normalized spacial score (nSPS) is 26.7. The van der Waals surface area contributed by atoms with Crippen molar-refractivity contribution in [2.24, 2.45) is 4.99 Å². The van der Waals surface area contributed by atoms with E-state index in [1.807, 2.05) is 18.2 Å². The summed E-state index contributed by atoms with van der Waals surface area (Å²) in [5, 5.41) is 0. The lowest BCUT2D eigenvalue weighted by atomic mass is 9.98. The Morgan fingerprint density at radius 3 is 3.18 bits per heavy atom. The molecule has 0 fully saturated rings. The number of allylic oxidation sites excluding steroid dienone is 3. The monoisotopic (exact) mass is 145 g/mol. The van der Waals surface area contributed by atoms with Crippen molar-refractivity contribution >= 4 is 12.0 Å². The molecule has 1 aliphatic heterocycles. The predicted octanol–water partition coefficient (Wildman–Crippen LogP) is 1.06. The van der Waals surface area contributed by atoms with Gasteiger partial charge >= 0.3 is 0 Å². The molecule has 0 spiro atoms. The highest BCUT2D eigenvalue weighted by atomic mass is 16.1. The second-order valence-corrected chi connectivity index (χ2v) is 2.51. The number of carbonyl (C=O) groups is 1. The fourth-order valence-corrected chi connectivity index (χ4v) is 1.17. The van der Waals surface area contributed by atoms with Gasteiger partial charge in [-0.3, -0.25) is 9.79 Å². The van der Waals surface area contributed by atoms with E-state index < -0.39 is 0 Å². The largest absolute Gasteiger partial charge is 0.290 e. The molecule has 1 aliphatic carbocycles. The van der Waals surface area contributed by atoms with Gasteiger partial charge in [-0.25, -0.2) is 0 Å². The summed E-state index contributed by atoms with van der Waals surface area (Å²) in [6.45, 7) is 0. The van der Waals surface area contributed by atoms with Crippen molar-refractivity contribution in [2.75, 3.05) is 0 Å². The predicted molar refractivity (Wildman–Crippen MR) is 43.7 cm³/mol. The molecule has 0 aromatic carbocycles. The maximum Gasteiger partial charge on any atom is 0.178 e. The molecule has 0 N–H and O–H groups in total. The van der Waals surface area contributed by atoms with Crippen LogP contribution in [0.15, 0.2) is 40.9 Å². The molecule has 0 radical (unpaired) electrons. The number of aliphatic imine (C=N–C) groups is 1. The maximum absolute atomic E-state index is 10.9. The summed E-state index contributed by atoms with van der Waals surface area (Å²) in [7, 11) is 0. The Kier molecular flexibility index (Phi) is 1.32. The van der Waals surface area contributed by atoms with Gasteiger partial charge in [-0.1, -0.05) is 12.2 Å². The van der Waals surface area contributed by atoms with Crippen molar-refractivity contribution in [2.45, 2.75) is 6.04 Å². The zero-order valence-electron chi connectivity index (χ0n) is 5.90. The first-order valence-electron chi connectivity index (χ1n) is 3.50. The number of rotatable bonds is 0. The summed E-state index contributed by atoms with van der Waals surface area (Å²) in [6.07, 6.45) is 10.5. The summed E-state index contributed by atoms with van der Waals surface area (Å²) in [6, 6.07) is 0.0812. The minimum atomic E-state index is 0.0537. The van der Waals surface area contributed by atoms with Gasteiger partial charge in [0.1, 0.15) is 0 Å². The Balaban J connectivity index is 2.39. The van der Waals surface area contributed by atoms with Crippen LogP contribution in [0.4, 0.5) is 0 Å². The highest BCUT2D eigenvalue weighted by Gasteiger charge is 2.13. The van der Waals surface area contributed by atoms with Crippen molar-refractivity contribution in [3.8, 4) is 0 Å². The smallest absolute Gasteiger partial charge is 0.178 e. The van der Waals surface area contributed by atoms with Gasteiger partial charge in [-0.2, -0.15) is 0 Å². The minimum absolute atomic E-state index is 0.0537. The Bertz CT molecular complexity index is 308. The first-order valence-corrected chi connectivity index (χ1v) is 3.50. The van der Waals surface area contributed by atoms with E-state index >= 15 is 0 Å². The van der Waals surface area contributed by atoms with E-state index in [9.17, 15) is 4.79 Å². The second kappa shape index (κ2) is 2.31. The molecular formula is C9H7NO. The van der Waals surface area contributed by atoms with Crippen molar-refractivity contribution in [3.05, 3.63) is 36.0 Å². The number of fused-ring (bicyclic) bond motifs is 1. The minimum Gasteiger partial charge on any atom is -0.290 e. The molecule has 1 heterocycles. The second-order valence-electron chi connectivity index (χ2n) is 2.51. The third-order valence-electron chi connectivity index (χ3n) is 1.71. The van der Waals surface area contributed by atoms with Crippen LogP contribution in [-0.2, 0) is 4.79 Å². The molecule has 0 bridgehead atoms. The highest BCUT2D eigenvalue weighted by molar-refractivity contribution is 6.02. The molecule has 0 amide bonds. The average molecular weight is 145 g/mol. The van der Waals surface area contributed by atoms with Gasteiger partial charge in [0.15, 0.2) is 5.78 Å². The summed E-state index contributed by atoms with van der Waals surface area (Å²) >= 11 is 0. The molecule has 0 aromatic rings. The van der Waals surface area contributed by atoms with Crippen LogP contribution in [0.3, 0.4) is 0 Å². The van der Waals surface area contributed by atoms with E-state index in [0.717, 1.165) is 5.57 Å². The Labute approximate surface area is 64.6 Å². The fourth-order valence-electron chi connectivity index (χ4n) is 1.17. The molecule has 0 saturated carbocycles.